The maximum Gasteiger partial charge on any atom is 0.0791 e. The molecule has 3 nitrogen and oxygen atoms in total. The van der Waals surface area contributed by atoms with E-state index in [4.69, 9.17) is 0 Å². The van der Waals surface area contributed by atoms with Gasteiger partial charge in [0.2, 0.25) is 0 Å². The smallest absolute Gasteiger partial charge is 0.0791 e. The Morgan fingerprint density at radius 1 is 1.47 bits per heavy atom. The fraction of sp³-hybridized carbons (Fsp3) is 0.714. The lowest BCUT2D eigenvalue weighted by molar-refractivity contribution is 0.0907. The van der Waals surface area contributed by atoms with Gasteiger partial charge in [-0.05, 0) is 59.9 Å². The minimum Gasteiger partial charge on any atom is -0.390 e. The van der Waals surface area contributed by atoms with Gasteiger partial charge in [0.15, 0.2) is 0 Å². The number of β-amino-alcohol motifs (C(OH)–C–C–N with tert-alkyl or cyclic N) is 1. The number of aliphatic hydroxyl groups is 1. The van der Waals surface area contributed by atoms with Crippen LogP contribution in [0, 0.1) is 5.92 Å². The van der Waals surface area contributed by atoms with Crippen molar-refractivity contribution < 1.29 is 5.11 Å². The summed E-state index contributed by atoms with van der Waals surface area (Å²) < 4.78 is 1.16. The zero-order valence-corrected chi connectivity index (χ0v) is 13.8. The molecule has 0 saturated carbocycles. The molecule has 0 radical (unpaired) electrons. The van der Waals surface area contributed by atoms with E-state index in [0.717, 1.165) is 35.9 Å². The maximum atomic E-state index is 10.0. The third-order valence-corrected chi connectivity index (χ3v) is 5.28. The molecule has 1 atom stereocenters. The summed E-state index contributed by atoms with van der Waals surface area (Å²) in [6.45, 7) is 6.89. The first kappa shape index (κ1) is 15.4. The monoisotopic (exact) mass is 346 g/mol. The van der Waals surface area contributed by atoms with Crippen LogP contribution in [0.5, 0.6) is 0 Å². The topological polar surface area (TPSA) is 35.5 Å². The van der Waals surface area contributed by atoms with Crippen molar-refractivity contribution in [1.29, 1.82) is 0 Å². The Balaban J connectivity index is 1.60. The third kappa shape index (κ3) is 5.52. The van der Waals surface area contributed by atoms with Crippen molar-refractivity contribution >= 4 is 27.3 Å². The van der Waals surface area contributed by atoms with Gasteiger partial charge in [0.05, 0.1) is 9.89 Å². The molecule has 0 aromatic carbocycles. The van der Waals surface area contributed by atoms with Gasteiger partial charge in [-0.3, -0.25) is 0 Å². The van der Waals surface area contributed by atoms with Gasteiger partial charge >= 0.3 is 0 Å². The Hall–Kier alpha value is 0.0600. The number of hydrogen-bond acceptors (Lipinski definition) is 4. The van der Waals surface area contributed by atoms with Gasteiger partial charge in [0.25, 0.3) is 0 Å². The average molecular weight is 347 g/mol. The van der Waals surface area contributed by atoms with Gasteiger partial charge in [-0.1, -0.05) is 6.92 Å². The van der Waals surface area contributed by atoms with Crippen LogP contribution in [-0.2, 0) is 6.54 Å². The molecule has 5 heteroatoms. The normalized spacial score (nSPS) is 19.7. The van der Waals surface area contributed by atoms with E-state index in [0.29, 0.717) is 6.54 Å². The number of aliphatic hydroxyl groups excluding tert-OH is 1. The molecule has 2 rings (SSSR count). The molecule has 0 bridgehead atoms. The Kier molecular flexibility index (Phi) is 6.29. The molecule has 1 aromatic rings. The molecule has 0 spiro atoms. The third-order valence-electron chi connectivity index (χ3n) is 3.65. The highest BCUT2D eigenvalue weighted by Gasteiger charge is 2.17. The first-order chi connectivity index (χ1) is 9.13. The molecule has 2 N–H and O–H groups in total. The van der Waals surface area contributed by atoms with E-state index in [1.54, 1.807) is 11.3 Å². The zero-order chi connectivity index (χ0) is 13.7. The Labute approximate surface area is 128 Å². The molecule has 1 aliphatic rings. The summed E-state index contributed by atoms with van der Waals surface area (Å²) in [5.41, 5.74) is 0. The number of nitrogens with one attached hydrogen (secondary N) is 1. The summed E-state index contributed by atoms with van der Waals surface area (Å²) in [5.74, 6) is 0.851. The molecule has 2 heterocycles. The molecule has 0 aliphatic carbocycles. The van der Waals surface area contributed by atoms with Crippen LogP contribution in [-0.4, -0.2) is 42.3 Å². The van der Waals surface area contributed by atoms with Gasteiger partial charge in [0, 0.05) is 24.5 Å². The summed E-state index contributed by atoms with van der Waals surface area (Å²) >= 11 is 5.20. The highest BCUT2D eigenvalue weighted by Crippen LogP contribution is 2.21. The second-order valence-electron chi connectivity index (χ2n) is 5.47. The lowest BCUT2D eigenvalue weighted by Gasteiger charge is -2.31. The van der Waals surface area contributed by atoms with Gasteiger partial charge in [0.1, 0.15) is 0 Å². The maximum absolute atomic E-state index is 10.0. The number of rotatable bonds is 6. The molecule has 1 aliphatic heterocycles. The number of nitrogens with zero attached hydrogens (tertiary/aromatic N) is 1. The van der Waals surface area contributed by atoms with Crippen molar-refractivity contribution in [3.8, 4) is 0 Å². The van der Waals surface area contributed by atoms with E-state index in [1.165, 1.54) is 17.7 Å². The fourth-order valence-electron chi connectivity index (χ4n) is 2.42. The molecule has 19 heavy (non-hydrogen) atoms. The standard InChI is InChI=1S/C14H23BrN2OS/c1-11-4-6-17(7-5-11)10-12(18)8-16-9-13-2-3-14(15)19-13/h2-3,11-12,16,18H,4-10H2,1H3. The summed E-state index contributed by atoms with van der Waals surface area (Å²) in [6.07, 6.45) is 2.27. The lowest BCUT2D eigenvalue weighted by Crippen LogP contribution is -2.41. The van der Waals surface area contributed by atoms with Gasteiger partial charge in [-0.15, -0.1) is 11.3 Å². The molecule has 1 saturated heterocycles. The number of likely N-dealkylation sites (tertiary alicyclic amines) is 1. The molecule has 108 valence electrons. The molecule has 1 fully saturated rings. The van der Waals surface area contributed by atoms with Gasteiger partial charge < -0.3 is 15.3 Å². The van der Waals surface area contributed by atoms with E-state index in [9.17, 15) is 5.11 Å². The van der Waals surface area contributed by atoms with E-state index in [2.05, 4.69) is 45.2 Å². The van der Waals surface area contributed by atoms with E-state index in [1.807, 2.05) is 0 Å². The Bertz CT molecular complexity index is 377. The van der Waals surface area contributed by atoms with Crippen LogP contribution in [0.15, 0.2) is 15.9 Å². The largest absolute Gasteiger partial charge is 0.390 e. The quantitative estimate of drug-likeness (QED) is 0.831. The van der Waals surface area contributed by atoms with Crippen molar-refractivity contribution in [3.63, 3.8) is 0 Å². The summed E-state index contributed by atoms with van der Waals surface area (Å²) in [5, 5.41) is 13.4. The summed E-state index contributed by atoms with van der Waals surface area (Å²) in [4.78, 5) is 3.68. The number of piperidine rings is 1. The van der Waals surface area contributed by atoms with E-state index in [-0.39, 0.29) is 6.10 Å². The second kappa shape index (κ2) is 7.74. The minimum atomic E-state index is -0.267. The minimum absolute atomic E-state index is 0.267. The first-order valence-corrected chi connectivity index (χ1v) is 8.60. The summed E-state index contributed by atoms with van der Waals surface area (Å²) in [7, 11) is 0. The predicted molar refractivity (Wildman–Crippen MR) is 84.6 cm³/mol. The van der Waals surface area contributed by atoms with Crippen molar-refractivity contribution in [2.24, 2.45) is 5.92 Å². The number of halogens is 1. The van der Waals surface area contributed by atoms with Crippen molar-refractivity contribution in [2.75, 3.05) is 26.2 Å². The van der Waals surface area contributed by atoms with E-state index < -0.39 is 0 Å². The van der Waals surface area contributed by atoms with Crippen LogP contribution in [0.3, 0.4) is 0 Å². The van der Waals surface area contributed by atoms with Crippen LogP contribution in [0.4, 0.5) is 0 Å². The number of hydrogen-bond donors (Lipinski definition) is 2. The van der Waals surface area contributed by atoms with E-state index >= 15 is 0 Å². The highest BCUT2D eigenvalue weighted by molar-refractivity contribution is 9.11. The highest BCUT2D eigenvalue weighted by atomic mass is 79.9. The first-order valence-electron chi connectivity index (χ1n) is 6.99. The molecule has 1 unspecified atom stereocenters. The lowest BCUT2D eigenvalue weighted by atomic mass is 9.99. The predicted octanol–water partition coefficient (Wildman–Crippen LogP) is 2.69. The Morgan fingerprint density at radius 3 is 2.84 bits per heavy atom. The average Bonchev–Trinajstić information content (AvgIpc) is 2.78. The van der Waals surface area contributed by atoms with Crippen molar-refractivity contribution in [1.82, 2.24) is 10.2 Å². The molecular formula is C14H23BrN2OS. The van der Waals surface area contributed by atoms with Crippen LogP contribution in [0.25, 0.3) is 0 Å². The van der Waals surface area contributed by atoms with Crippen molar-refractivity contribution in [2.45, 2.75) is 32.4 Å². The molecular weight excluding hydrogens is 324 g/mol. The van der Waals surface area contributed by atoms with Gasteiger partial charge in [-0.2, -0.15) is 0 Å². The fourth-order valence-corrected chi connectivity index (χ4v) is 3.87. The second-order valence-corrected chi connectivity index (χ2v) is 8.02. The number of thiophene rings is 1. The molecule has 1 aromatic heterocycles. The van der Waals surface area contributed by atoms with Crippen LogP contribution in [0.1, 0.15) is 24.6 Å². The zero-order valence-electron chi connectivity index (χ0n) is 11.4. The molecule has 0 amide bonds. The van der Waals surface area contributed by atoms with Crippen LogP contribution >= 0.6 is 27.3 Å². The SMILES string of the molecule is CC1CCN(CC(O)CNCc2ccc(Br)s2)CC1. The van der Waals surface area contributed by atoms with Gasteiger partial charge in [-0.25, -0.2) is 0 Å². The van der Waals surface area contributed by atoms with Crippen LogP contribution < -0.4 is 5.32 Å². The van der Waals surface area contributed by atoms with Crippen molar-refractivity contribution in [3.05, 3.63) is 20.8 Å². The van der Waals surface area contributed by atoms with Crippen LogP contribution in [0.2, 0.25) is 0 Å². The Morgan fingerprint density at radius 2 is 2.21 bits per heavy atom. The summed E-state index contributed by atoms with van der Waals surface area (Å²) in [6, 6.07) is 4.17.